The van der Waals surface area contributed by atoms with E-state index in [9.17, 15) is 4.79 Å². The van der Waals surface area contributed by atoms with Crippen molar-refractivity contribution in [2.45, 2.75) is 19.6 Å². The van der Waals surface area contributed by atoms with Crippen LogP contribution in [-0.2, 0) is 11.3 Å². The molecule has 3 heterocycles. The molecule has 2 aromatic heterocycles. The van der Waals surface area contributed by atoms with Gasteiger partial charge in [0.25, 0.3) is 5.91 Å². The number of ether oxygens (including phenoxy) is 1. The van der Waals surface area contributed by atoms with Crippen LogP contribution in [-0.4, -0.2) is 48.1 Å². The summed E-state index contributed by atoms with van der Waals surface area (Å²) in [5.41, 5.74) is 1.74. The largest absolute Gasteiger partial charge is 0.462 e. The molecule has 1 unspecified atom stereocenters. The number of nitrogens with one attached hydrogen (secondary N) is 1. The fourth-order valence-electron chi connectivity index (χ4n) is 3.29. The van der Waals surface area contributed by atoms with Crippen LogP contribution in [0, 0.1) is 6.92 Å². The Morgan fingerprint density at radius 3 is 2.93 bits per heavy atom. The molecule has 0 radical (unpaired) electrons. The highest BCUT2D eigenvalue weighted by Gasteiger charge is 2.23. The van der Waals surface area contributed by atoms with Crippen LogP contribution in [0.4, 0.5) is 0 Å². The van der Waals surface area contributed by atoms with E-state index in [0.717, 1.165) is 29.5 Å². The number of thiazole rings is 1. The van der Waals surface area contributed by atoms with Gasteiger partial charge in [0.15, 0.2) is 10.8 Å². The second-order valence-corrected chi connectivity index (χ2v) is 8.03. The lowest BCUT2D eigenvalue weighted by Crippen LogP contribution is -2.47. The molecule has 1 aliphatic rings. The number of aromatic nitrogens is 1. The third kappa shape index (κ3) is 4.49. The molecular weight excluding hydrogens is 374 g/mol. The van der Waals surface area contributed by atoms with E-state index >= 15 is 0 Å². The van der Waals surface area contributed by atoms with Gasteiger partial charge in [0.05, 0.1) is 19.0 Å². The number of nitrogens with zero attached hydrogens (tertiary/aromatic N) is 2. The van der Waals surface area contributed by atoms with Gasteiger partial charge in [0.1, 0.15) is 5.69 Å². The third-order valence-corrected chi connectivity index (χ3v) is 5.69. The second-order valence-electron chi connectivity index (χ2n) is 6.82. The Kier molecular flexibility index (Phi) is 5.85. The molecule has 0 aliphatic carbocycles. The Bertz CT molecular complexity index is 908. The number of benzene rings is 1. The molecule has 146 valence electrons. The molecule has 1 atom stereocenters. The predicted octanol–water partition coefficient (Wildman–Crippen LogP) is 3.34. The highest BCUT2D eigenvalue weighted by molar-refractivity contribution is 7.15. The quantitative estimate of drug-likeness (QED) is 0.691. The fourth-order valence-corrected chi connectivity index (χ4v) is 4.17. The maximum absolute atomic E-state index is 12.6. The molecule has 1 aliphatic heterocycles. The molecule has 7 heteroatoms. The molecule has 1 N–H and O–H groups in total. The number of carbonyl (C=O) groups excluding carboxylic acids is 1. The van der Waals surface area contributed by atoms with E-state index in [4.69, 9.17) is 9.15 Å². The van der Waals surface area contributed by atoms with Crippen molar-refractivity contribution in [2.75, 3.05) is 26.2 Å². The Hall–Kier alpha value is -2.48. The number of furan rings is 1. The summed E-state index contributed by atoms with van der Waals surface area (Å²) in [6.45, 7) is 5.63. The Morgan fingerprint density at radius 2 is 2.14 bits per heavy atom. The van der Waals surface area contributed by atoms with Crippen molar-refractivity contribution in [3.8, 4) is 10.8 Å². The van der Waals surface area contributed by atoms with Crippen molar-refractivity contribution < 1.29 is 13.9 Å². The first kappa shape index (κ1) is 18.9. The number of carbonyl (C=O) groups is 1. The molecule has 6 nitrogen and oxygen atoms in total. The number of amides is 1. The van der Waals surface area contributed by atoms with Crippen molar-refractivity contribution in [3.63, 3.8) is 0 Å². The van der Waals surface area contributed by atoms with Gasteiger partial charge in [-0.15, -0.1) is 11.3 Å². The van der Waals surface area contributed by atoms with E-state index in [2.05, 4.69) is 39.5 Å². The predicted molar refractivity (Wildman–Crippen MR) is 108 cm³/mol. The normalized spacial score (nSPS) is 17.5. The summed E-state index contributed by atoms with van der Waals surface area (Å²) in [5, 5.41) is 3.69. The summed E-state index contributed by atoms with van der Waals surface area (Å²) >= 11 is 1.46. The lowest BCUT2D eigenvalue weighted by molar-refractivity contribution is -0.0292. The topological polar surface area (TPSA) is 67.6 Å². The van der Waals surface area contributed by atoms with Gasteiger partial charge in [-0.1, -0.05) is 30.3 Å². The summed E-state index contributed by atoms with van der Waals surface area (Å²) in [6.07, 6.45) is 1.58. The molecule has 28 heavy (non-hydrogen) atoms. The fraction of sp³-hybridized carbons (Fsp3) is 0.333. The average Bonchev–Trinajstić information content (AvgIpc) is 3.37. The maximum atomic E-state index is 12.6. The van der Waals surface area contributed by atoms with E-state index in [1.54, 1.807) is 6.26 Å². The van der Waals surface area contributed by atoms with Crippen molar-refractivity contribution in [1.29, 1.82) is 0 Å². The smallest absolute Gasteiger partial charge is 0.271 e. The van der Waals surface area contributed by atoms with Gasteiger partial charge < -0.3 is 14.5 Å². The SMILES string of the molecule is Cc1sc(-c2ccco2)nc1C(=O)NCC1CN(Cc2ccccc2)CCO1. The van der Waals surface area contributed by atoms with E-state index in [1.165, 1.54) is 16.9 Å². The third-order valence-electron chi connectivity index (χ3n) is 4.71. The van der Waals surface area contributed by atoms with Crippen LogP contribution in [0.1, 0.15) is 20.9 Å². The number of hydrogen-bond donors (Lipinski definition) is 1. The van der Waals surface area contributed by atoms with Crippen LogP contribution in [0.15, 0.2) is 53.1 Å². The summed E-state index contributed by atoms with van der Waals surface area (Å²) in [6, 6.07) is 14.1. The number of hydrogen-bond acceptors (Lipinski definition) is 6. The molecule has 1 saturated heterocycles. The minimum Gasteiger partial charge on any atom is -0.462 e. The van der Waals surface area contributed by atoms with Crippen LogP contribution in [0.3, 0.4) is 0 Å². The van der Waals surface area contributed by atoms with Crippen LogP contribution in [0.25, 0.3) is 10.8 Å². The molecule has 0 bridgehead atoms. The first-order chi connectivity index (χ1) is 13.7. The van der Waals surface area contributed by atoms with Gasteiger partial charge in [-0.05, 0) is 24.6 Å². The summed E-state index contributed by atoms with van der Waals surface area (Å²) < 4.78 is 11.2. The monoisotopic (exact) mass is 397 g/mol. The van der Waals surface area contributed by atoms with E-state index in [1.807, 2.05) is 25.1 Å². The zero-order chi connectivity index (χ0) is 19.3. The standard InChI is InChI=1S/C21H23N3O3S/c1-15-19(23-21(28-15)18-8-5-10-27-18)20(25)22-12-17-14-24(9-11-26-17)13-16-6-3-2-4-7-16/h2-8,10,17H,9,11-14H2,1H3,(H,22,25). The van der Waals surface area contributed by atoms with Crippen molar-refractivity contribution in [1.82, 2.24) is 15.2 Å². The summed E-state index contributed by atoms with van der Waals surface area (Å²) in [4.78, 5) is 20.3. The Balaban J connectivity index is 1.32. The van der Waals surface area contributed by atoms with E-state index in [0.29, 0.717) is 24.6 Å². The minimum atomic E-state index is -0.171. The molecule has 4 rings (SSSR count). The average molecular weight is 398 g/mol. The number of aryl methyl sites for hydroxylation is 1. The summed E-state index contributed by atoms with van der Waals surface area (Å²) in [5.74, 6) is 0.509. The van der Waals surface area contributed by atoms with Crippen molar-refractivity contribution >= 4 is 17.2 Å². The zero-order valence-electron chi connectivity index (χ0n) is 15.8. The Labute approximate surface area is 168 Å². The molecule has 1 amide bonds. The van der Waals surface area contributed by atoms with Crippen LogP contribution in [0.2, 0.25) is 0 Å². The lowest BCUT2D eigenvalue weighted by atomic mass is 10.2. The number of morpholine rings is 1. The second kappa shape index (κ2) is 8.68. The van der Waals surface area contributed by atoms with Crippen molar-refractivity contribution in [2.24, 2.45) is 0 Å². The summed E-state index contributed by atoms with van der Waals surface area (Å²) in [7, 11) is 0. The van der Waals surface area contributed by atoms with Crippen LogP contribution < -0.4 is 5.32 Å². The molecule has 1 fully saturated rings. The van der Waals surface area contributed by atoms with Crippen molar-refractivity contribution in [3.05, 3.63) is 64.9 Å². The molecular formula is C21H23N3O3S. The minimum absolute atomic E-state index is 0.0232. The molecule has 0 spiro atoms. The van der Waals surface area contributed by atoms with Gasteiger partial charge in [0.2, 0.25) is 0 Å². The molecule has 1 aromatic carbocycles. The molecule has 0 saturated carbocycles. The Morgan fingerprint density at radius 1 is 1.29 bits per heavy atom. The van der Waals surface area contributed by atoms with Crippen LogP contribution >= 0.6 is 11.3 Å². The zero-order valence-corrected chi connectivity index (χ0v) is 16.6. The first-order valence-electron chi connectivity index (χ1n) is 9.36. The maximum Gasteiger partial charge on any atom is 0.271 e. The lowest BCUT2D eigenvalue weighted by Gasteiger charge is -2.33. The van der Waals surface area contributed by atoms with E-state index < -0.39 is 0 Å². The highest BCUT2D eigenvalue weighted by Crippen LogP contribution is 2.27. The van der Waals surface area contributed by atoms with Gasteiger partial charge >= 0.3 is 0 Å². The number of rotatable bonds is 6. The molecule has 3 aromatic rings. The van der Waals surface area contributed by atoms with Crippen LogP contribution in [0.5, 0.6) is 0 Å². The van der Waals surface area contributed by atoms with Gasteiger partial charge in [0, 0.05) is 31.1 Å². The first-order valence-corrected chi connectivity index (χ1v) is 10.2. The van der Waals surface area contributed by atoms with Gasteiger partial charge in [-0.25, -0.2) is 4.98 Å². The highest BCUT2D eigenvalue weighted by atomic mass is 32.1. The van der Waals surface area contributed by atoms with Gasteiger partial charge in [-0.2, -0.15) is 0 Å². The van der Waals surface area contributed by atoms with E-state index in [-0.39, 0.29) is 12.0 Å². The van der Waals surface area contributed by atoms with Gasteiger partial charge in [-0.3, -0.25) is 9.69 Å².